The van der Waals surface area contributed by atoms with Gasteiger partial charge in [0.05, 0.1) is 13.2 Å². The fraction of sp³-hybridized carbons (Fsp3) is 0.238. The van der Waals surface area contributed by atoms with Gasteiger partial charge in [0, 0.05) is 18.2 Å². The Morgan fingerprint density at radius 3 is 2.63 bits per heavy atom. The molecule has 0 aliphatic carbocycles. The molecule has 138 valence electrons. The molecule has 1 fully saturated rings. The second-order valence-corrected chi connectivity index (χ2v) is 6.51. The Bertz CT molecular complexity index is 935. The van der Waals surface area contributed by atoms with Crippen molar-refractivity contribution in [3.63, 3.8) is 0 Å². The van der Waals surface area contributed by atoms with E-state index in [4.69, 9.17) is 9.26 Å². The van der Waals surface area contributed by atoms with Crippen LogP contribution in [-0.4, -0.2) is 29.6 Å². The zero-order valence-corrected chi connectivity index (χ0v) is 14.9. The molecule has 1 saturated heterocycles. The van der Waals surface area contributed by atoms with E-state index in [-0.39, 0.29) is 23.5 Å². The van der Waals surface area contributed by atoms with Gasteiger partial charge in [0.15, 0.2) is 11.5 Å². The van der Waals surface area contributed by atoms with Crippen LogP contribution >= 0.6 is 0 Å². The van der Waals surface area contributed by atoms with Gasteiger partial charge in [-0.3, -0.25) is 4.79 Å². The van der Waals surface area contributed by atoms with Crippen LogP contribution in [0.1, 0.15) is 34.9 Å². The molecular weight excluding hydrogens is 347 g/mol. The van der Waals surface area contributed by atoms with Gasteiger partial charge < -0.3 is 14.2 Å². The van der Waals surface area contributed by atoms with E-state index in [1.807, 2.05) is 29.2 Å². The number of rotatable bonds is 4. The second kappa shape index (κ2) is 7.23. The average Bonchev–Trinajstić information content (AvgIpc) is 3.38. The van der Waals surface area contributed by atoms with Crippen molar-refractivity contribution in [2.45, 2.75) is 18.9 Å². The summed E-state index contributed by atoms with van der Waals surface area (Å²) in [6.07, 6.45) is 1.84. The van der Waals surface area contributed by atoms with Gasteiger partial charge in [-0.05, 0) is 54.8 Å². The number of carbonyl (C=O) groups is 1. The lowest BCUT2D eigenvalue weighted by Gasteiger charge is -2.24. The Hall–Kier alpha value is -3.15. The maximum Gasteiger partial charge on any atom is 0.276 e. The Labute approximate surface area is 156 Å². The molecule has 1 atom stereocenters. The van der Waals surface area contributed by atoms with Gasteiger partial charge in [0.25, 0.3) is 5.91 Å². The Balaban J connectivity index is 1.55. The predicted molar refractivity (Wildman–Crippen MR) is 97.9 cm³/mol. The highest BCUT2D eigenvalue weighted by Crippen LogP contribution is 2.34. The van der Waals surface area contributed by atoms with Gasteiger partial charge in [0.1, 0.15) is 11.6 Å². The minimum Gasteiger partial charge on any atom is -0.497 e. The second-order valence-electron chi connectivity index (χ2n) is 6.51. The van der Waals surface area contributed by atoms with Crippen molar-refractivity contribution in [2.75, 3.05) is 13.7 Å². The summed E-state index contributed by atoms with van der Waals surface area (Å²) in [7, 11) is 1.63. The van der Waals surface area contributed by atoms with Crippen LogP contribution in [0.3, 0.4) is 0 Å². The summed E-state index contributed by atoms with van der Waals surface area (Å²) in [6, 6.07) is 15.3. The number of halogens is 1. The van der Waals surface area contributed by atoms with Crippen LogP contribution in [0.4, 0.5) is 4.39 Å². The largest absolute Gasteiger partial charge is 0.497 e. The maximum atomic E-state index is 13.1. The Morgan fingerprint density at radius 1 is 1.19 bits per heavy atom. The summed E-state index contributed by atoms with van der Waals surface area (Å²) in [4.78, 5) is 14.8. The zero-order valence-electron chi connectivity index (χ0n) is 14.9. The standard InChI is InChI=1S/C21H19FN2O3/c1-26-17-10-6-14(7-11-17)19-3-2-12-24(19)21(25)18-13-20(27-23-18)15-4-8-16(22)9-5-15/h4-11,13,19H,2-3,12H2,1H3. The molecule has 0 N–H and O–H groups in total. The first-order valence-corrected chi connectivity index (χ1v) is 8.83. The summed E-state index contributed by atoms with van der Waals surface area (Å²) >= 11 is 0. The zero-order chi connectivity index (χ0) is 18.8. The topological polar surface area (TPSA) is 55.6 Å². The number of hydrogen-bond donors (Lipinski definition) is 0. The number of hydrogen-bond acceptors (Lipinski definition) is 4. The van der Waals surface area contributed by atoms with E-state index in [1.165, 1.54) is 12.1 Å². The van der Waals surface area contributed by atoms with Crippen molar-refractivity contribution >= 4 is 5.91 Å². The van der Waals surface area contributed by atoms with Crippen molar-refractivity contribution in [3.8, 4) is 17.1 Å². The number of ether oxygens (including phenoxy) is 1. The Morgan fingerprint density at radius 2 is 1.93 bits per heavy atom. The highest BCUT2D eigenvalue weighted by molar-refractivity contribution is 5.93. The first-order chi connectivity index (χ1) is 13.2. The summed E-state index contributed by atoms with van der Waals surface area (Å²) in [5.41, 5.74) is 2.01. The summed E-state index contributed by atoms with van der Waals surface area (Å²) in [5.74, 6) is 0.744. The van der Waals surface area contributed by atoms with Crippen LogP contribution in [0.15, 0.2) is 59.1 Å². The predicted octanol–water partition coefficient (Wildman–Crippen LogP) is 4.47. The molecule has 1 amide bonds. The number of nitrogens with zero attached hydrogens (tertiary/aromatic N) is 2. The molecule has 27 heavy (non-hydrogen) atoms. The SMILES string of the molecule is COc1ccc(C2CCCN2C(=O)c2cc(-c3ccc(F)cc3)on2)cc1. The smallest absolute Gasteiger partial charge is 0.276 e. The van der Waals surface area contributed by atoms with Crippen LogP contribution in [0.2, 0.25) is 0 Å². The molecule has 0 radical (unpaired) electrons. The van der Waals surface area contributed by atoms with Crippen molar-refractivity contribution in [3.05, 3.63) is 71.7 Å². The quantitative estimate of drug-likeness (QED) is 0.684. The van der Waals surface area contributed by atoms with Gasteiger partial charge in [-0.1, -0.05) is 17.3 Å². The van der Waals surface area contributed by atoms with E-state index in [1.54, 1.807) is 25.3 Å². The molecule has 1 aliphatic heterocycles. The van der Waals surface area contributed by atoms with Crippen molar-refractivity contribution in [2.24, 2.45) is 0 Å². The van der Waals surface area contributed by atoms with Crippen LogP contribution in [-0.2, 0) is 0 Å². The highest BCUT2D eigenvalue weighted by Gasteiger charge is 2.32. The van der Waals surface area contributed by atoms with E-state index in [9.17, 15) is 9.18 Å². The molecule has 1 aromatic heterocycles. The normalized spacial score (nSPS) is 16.5. The average molecular weight is 366 g/mol. The molecule has 4 rings (SSSR count). The van der Waals surface area contributed by atoms with Crippen LogP contribution in [0.5, 0.6) is 5.75 Å². The third-order valence-corrected chi connectivity index (χ3v) is 4.87. The van der Waals surface area contributed by atoms with E-state index in [2.05, 4.69) is 5.16 Å². The van der Waals surface area contributed by atoms with Gasteiger partial charge >= 0.3 is 0 Å². The van der Waals surface area contributed by atoms with E-state index >= 15 is 0 Å². The first kappa shape index (κ1) is 17.3. The summed E-state index contributed by atoms with van der Waals surface area (Å²) in [5, 5.41) is 3.94. The van der Waals surface area contributed by atoms with Crippen molar-refractivity contribution < 1.29 is 18.4 Å². The minimum absolute atomic E-state index is 0.00868. The lowest BCUT2D eigenvalue weighted by molar-refractivity contribution is 0.0725. The fourth-order valence-corrected chi connectivity index (χ4v) is 3.46. The highest BCUT2D eigenvalue weighted by atomic mass is 19.1. The molecule has 2 heterocycles. The van der Waals surface area contributed by atoms with Gasteiger partial charge in [0.2, 0.25) is 0 Å². The van der Waals surface area contributed by atoms with Crippen LogP contribution in [0, 0.1) is 5.82 Å². The van der Waals surface area contributed by atoms with Crippen molar-refractivity contribution in [1.29, 1.82) is 0 Å². The molecule has 5 nitrogen and oxygen atoms in total. The minimum atomic E-state index is -0.325. The number of methoxy groups -OCH3 is 1. The van der Waals surface area contributed by atoms with Crippen molar-refractivity contribution in [1.82, 2.24) is 10.1 Å². The van der Waals surface area contributed by atoms with Crippen LogP contribution in [0.25, 0.3) is 11.3 Å². The molecule has 3 aromatic rings. The summed E-state index contributed by atoms with van der Waals surface area (Å²) in [6.45, 7) is 0.675. The maximum absolute atomic E-state index is 13.1. The fourth-order valence-electron chi connectivity index (χ4n) is 3.46. The number of amides is 1. The van der Waals surface area contributed by atoms with Gasteiger partial charge in [-0.2, -0.15) is 0 Å². The van der Waals surface area contributed by atoms with E-state index in [0.29, 0.717) is 17.9 Å². The molecule has 0 saturated carbocycles. The summed E-state index contributed by atoms with van der Waals surface area (Å²) < 4.78 is 23.6. The molecule has 2 aromatic carbocycles. The molecular formula is C21H19FN2O3. The van der Waals surface area contributed by atoms with E-state index < -0.39 is 0 Å². The number of benzene rings is 2. The third kappa shape index (κ3) is 3.43. The Kier molecular flexibility index (Phi) is 4.62. The van der Waals surface area contributed by atoms with Gasteiger partial charge in [-0.25, -0.2) is 4.39 Å². The first-order valence-electron chi connectivity index (χ1n) is 8.83. The monoisotopic (exact) mass is 366 g/mol. The van der Waals surface area contributed by atoms with Gasteiger partial charge in [-0.15, -0.1) is 0 Å². The number of carbonyl (C=O) groups excluding carboxylic acids is 1. The third-order valence-electron chi connectivity index (χ3n) is 4.87. The number of aromatic nitrogens is 1. The lowest BCUT2D eigenvalue weighted by Crippen LogP contribution is -2.30. The molecule has 1 unspecified atom stereocenters. The number of likely N-dealkylation sites (tertiary alicyclic amines) is 1. The lowest BCUT2D eigenvalue weighted by atomic mass is 10.0. The molecule has 1 aliphatic rings. The molecule has 0 bridgehead atoms. The van der Waals surface area contributed by atoms with Crippen LogP contribution < -0.4 is 4.74 Å². The van der Waals surface area contributed by atoms with E-state index in [0.717, 1.165) is 24.2 Å². The molecule has 0 spiro atoms. The molecule has 6 heteroatoms.